The molecule has 1 unspecified atom stereocenters. The summed E-state index contributed by atoms with van der Waals surface area (Å²) in [5.41, 5.74) is 3.16. The number of hydrogen-bond donors (Lipinski definition) is 2. The van der Waals surface area contributed by atoms with Gasteiger partial charge in [-0.25, -0.2) is 4.79 Å². The second kappa shape index (κ2) is 8.81. The van der Waals surface area contributed by atoms with E-state index in [2.05, 4.69) is 15.6 Å². The van der Waals surface area contributed by atoms with E-state index in [1.165, 1.54) is 7.11 Å². The van der Waals surface area contributed by atoms with Gasteiger partial charge in [0.2, 0.25) is 0 Å². The molecular formula is C22H21N3O3. The van der Waals surface area contributed by atoms with Crippen LogP contribution in [-0.4, -0.2) is 24.0 Å². The van der Waals surface area contributed by atoms with E-state index in [1.807, 2.05) is 43.3 Å². The molecule has 0 bridgehead atoms. The fourth-order valence-electron chi connectivity index (χ4n) is 2.74. The largest absolute Gasteiger partial charge is 0.465 e. The number of anilines is 2. The van der Waals surface area contributed by atoms with Gasteiger partial charge in [0.05, 0.1) is 18.7 Å². The number of carbonyl (C=O) groups excluding carboxylic acids is 2. The Morgan fingerprint density at radius 2 is 1.71 bits per heavy atom. The number of methoxy groups -OCH3 is 1. The summed E-state index contributed by atoms with van der Waals surface area (Å²) in [5, 5.41) is 6.12. The number of pyridine rings is 1. The fraction of sp³-hybridized carbons (Fsp3) is 0.136. The average molecular weight is 375 g/mol. The Morgan fingerprint density at radius 3 is 2.46 bits per heavy atom. The summed E-state index contributed by atoms with van der Waals surface area (Å²) in [6, 6.07) is 19.9. The number of nitrogens with one attached hydrogen (secondary N) is 2. The number of nitrogens with zero attached hydrogens (tertiary/aromatic N) is 1. The number of benzene rings is 2. The number of amides is 1. The highest BCUT2D eigenvalue weighted by Crippen LogP contribution is 2.19. The van der Waals surface area contributed by atoms with E-state index in [9.17, 15) is 9.59 Å². The molecule has 0 fully saturated rings. The number of carbonyl (C=O) groups is 2. The average Bonchev–Trinajstić information content (AvgIpc) is 2.74. The summed E-state index contributed by atoms with van der Waals surface area (Å²) >= 11 is 0. The molecule has 28 heavy (non-hydrogen) atoms. The standard InChI is InChI=1S/C22H21N3O3/c1-15(16-7-4-3-5-8-16)24-21(26)20-14-19(11-12-23-20)25-18-10-6-9-17(13-18)22(27)28-2/h3-15H,1-2H3,(H,23,25)(H,24,26). The fourth-order valence-corrected chi connectivity index (χ4v) is 2.74. The van der Waals surface area contributed by atoms with Crippen LogP contribution in [0.4, 0.5) is 11.4 Å². The Kier molecular flexibility index (Phi) is 6.01. The lowest BCUT2D eigenvalue weighted by Crippen LogP contribution is -2.27. The van der Waals surface area contributed by atoms with Gasteiger partial charge in [-0.3, -0.25) is 9.78 Å². The SMILES string of the molecule is COC(=O)c1cccc(Nc2ccnc(C(=O)NC(C)c3ccccc3)c2)c1. The summed E-state index contributed by atoms with van der Waals surface area (Å²) in [6.07, 6.45) is 1.56. The number of ether oxygens (including phenoxy) is 1. The van der Waals surface area contributed by atoms with Crippen LogP contribution in [0.3, 0.4) is 0 Å². The molecule has 0 saturated heterocycles. The molecule has 0 aliphatic carbocycles. The molecule has 142 valence electrons. The molecule has 0 aliphatic rings. The number of rotatable bonds is 6. The Labute approximate surface area is 163 Å². The lowest BCUT2D eigenvalue weighted by Gasteiger charge is -2.14. The molecule has 1 atom stereocenters. The smallest absolute Gasteiger partial charge is 0.337 e. The molecule has 6 nitrogen and oxygen atoms in total. The minimum atomic E-state index is -0.409. The van der Waals surface area contributed by atoms with Crippen LogP contribution in [0.15, 0.2) is 72.9 Å². The predicted molar refractivity (Wildman–Crippen MR) is 108 cm³/mol. The summed E-state index contributed by atoms with van der Waals surface area (Å²) in [7, 11) is 1.34. The molecular weight excluding hydrogens is 354 g/mol. The Bertz CT molecular complexity index is 974. The van der Waals surface area contributed by atoms with Gasteiger partial charge in [0, 0.05) is 17.6 Å². The number of aromatic nitrogens is 1. The first-order valence-corrected chi connectivity index (χ1v) is 8.84. The third kappa shape index (κ3) is 4.73. The van der Waals surface area contributed by atoms with Crippen molar-refractivity contribution < 1.29 is 14.3 Å². The van der Waals surface area contributed by atoms with Crippen molar-refractivity contribution in [1.82, 2.24) is 10.3 Å². The molecule has 0 radical (unpaired) electrons. The molecule has 0 aliphatic heterocycles. The molecule has 1 heterocycles. The van der Waals surface area contributed by atoms with Gasteiger partial charge in [0.25, 0.3) is 5.91 Å². The maximum Gasteiger partial charge on any atom is 0.337 e. The first kappa shape index (κ1) is 19.1. The lowest BCUT2D eigenvalue weighted by atomic mass is 10.1. The molecule has 2 N–H and O–H groups in total. The van der Waals surface area contributed by atoms with Crippen molar-refractivity contribution in [2.24, 2.45) is 0 Å². The van der Waals surface area contributed by atoms with E-state index in [-0.39, 0.29) is 11.9 Å². The molecule has 3 aromatic rings. The number of hydrogen-bond acceptors (Lipinski definition) is 5. The molecule has 3 rings (SSSR count). The molecule has 6 heteroatoms. The Balaban J connectivity index is 1.72. The zero-order chi connectivity index (χ0) is 19.9. The van der Waals surface area contributed by atoms with Crippen LogP contribution in [0.5, 0.6) is 0 Å². The summed E-state index contributed by atoms with van der Waals surface area (Å²) in [6.45, 7) is 1.92. The second-order valence-corrected chi connectivity index (χ2v) is 6.23. The maximum atomic E-state index is 12.6. The van der Waals surface area contributed by atoms with Crippen LogP contribution >= 0.6 is 0 Å². The van der Waals surface area contributed by atoms with Crippen molar-refractivity contribution in [3.05, 3.63) is 89.7 Å². The van der Waals surface area contributed by atoms with Gasteiger partial charge in [0.15, 0.2) is 0 Å². The van der Waals surface area contributed by atoms with Crippen molar-refractivity contribution >= 4 is 23.3 Å². The second-order valence-electron chi connectivity index (χ2n) is 6.23. The first-order valence-electron chi connectivity index (χ1n) is 8.84. The van der Waals surface area contributed by atoms with Crippen molar-refractivity contribution in [3.63, 3.8) is 0 Å². The highest BCUT2D eigenvalue weighted by molar-refractivity contribution is 5.94. The topological polar surface area (TPSA) is 80.3 Å². The number of esters is 1. The maximum absolute atomic E-state index is 12.6. The normalized spacial score (nSPS) is 11.4. The zero-order valence-corrected chi connectivity index (χ0v) is 15.7. The Morgan fingerprint density at radius 1 is 0.964 bits per heavy atom. The van der Waals surface area contributed by atoms with Crippen LogP contribution in [-0.2, 0) is 4.74 Å². The zero-order valence-electron chi connectivity index (χ0n) is 15.7. The summed E-state index contributed by atoms with van der Waals surface area (Å²) in [4.78, 5) is 28.4. The van der Waals surface area contributed by atoms with E-state index in [0.29, 0.717) is 22.6 Å². The van der Waals surface area contributed by atoms with Crippen molar-refractivity contribution in [1.29, 1.82) is 0 Å². The highest BCUT2D eigenvalue weighted by Gasteiger charge is 2.13. The Hall–Kier alpha value is -3.67. The van der Waals surface area contributed by atoms with Gasteiger partial charge in [0.1, 0.15) is 5.69 Å². The van der Waals surface area contributed by atoms with Gasteiger partial charge in [-0.2, -0.15) is 0 Å². The van der Waals surface area contributed by atoms with Crippen LogP contribution < -0.4 is 10.6 Å². The van der Waals surface area contributed by atoms with Crippen molar-refractivity contribution in [3.8, 4) is 0 Å². The van der Waals surface area contributed by atoms with Crippen molar-refractivity contribution in [2.75, 3.05) is 12.4 Å². The van der Waals surface area contributed by atoms with Crippen LogP contribution in [0.1, 0.15) is 39.4 Å². The van der Waals surface area contributed by atoms with Gasteiger partial charge in [-0.05, 0) is 42.8 Å². The van der Waals surface area contributed by atoms with E-state index in [0.717, 1.165) is 5.56 Å². The molecule has 2 aromatic carbocycles. The van der Waals surface area contributed by atoms with Crippen LogP contribution in [0.2, 0.25) is 0 Å². The van der Waals surface area contributed by atoms with Gasteiger partial charge >= 0.3 is 5.97 Å². The molecule has 1 amide bonds. The predicted octanol–water partition coefficient (Wildman–Crippen LogP) is 4.10. The van der Waals surface area contributed by atoms with Gasteiger partial charge in [-0.1, -0.05) is 36.4 Å². The van der Waals surface area contributed by atoms with E-state index >= 15 is 0 Å². The van der Waals surface area contributed by atoms with Gasteiger partial charge in [-0.15, -0.1) is 0 Å². The van der Waals surface area contributed by atoms with Crippen LogP contribution in [0, 0.1) is 0 Å². The highest BCUT2D eigenvalue weighted by atomic mass is 16.5. The summed E-state index contributed by atoms with van der Waals surface area (Å²) in [5.74, 6) is -0.670. The third-order valence-corrected chi connectivity index (χ3v) is 4.21. The molecule has 1 aromatic heterocycles. The van der Waals surface area contributed by atoms with Crippen molar-refractivity contribution in [2.45, 2.75) is 13.0 Å². The van der Waals surface area contributed by atoms with E-state index in [1.54, 1.807) is 36.5 Å². The van der Waals surface area contributed by atoms with E-state index < -0.39 is 5.97 Å². The minimum absolute atomic E-state index is 0.135. The minimum Gasteiger partial charge on any atom is -0.465 e. The molecule has 0 saturated carbocycles. The van der Waals surface area contributed by atoms with E-state index in [4.69, 9.17) is 4.74 Å². The lowest BCUT2D eigenvalue weighted by molar-refractivity contribution is 0.0600. The van der Waals surface area contributed by atoms with Gasteiger partial charge < -0.3 is 15.4 Å². The molecule has 0 spiro atoms. The first-order chi connectivity index (χ1) is 13.6. The quantitative estimate of drug-likeness (QED) is 0.634. The van der Waals surface area contributed by atoms with Crippen LogP contribution in [0.25, 0.3) is 0 Å². The monoisotopic (exact) mass is 375 g/mol. The third-order valence-electron chi connectivity index (χ3n) is 4.21. The summed E-state index contributed by atoms with van der Waals surface area (Å²) < 4.78 is 4.74.